The zero-order chi connectivity index (χ0) is 12.6. The highest BCUT2D eigenvalue weighted by atomic mass is 16.5. The molecule has 1 heterocycles. The van der Waals surface area contributed by atoms with Crippen LogP contribution in [0.25, 0.3) is 0 Å². The Bertz CT molecular complexity index is 361. The second-order valence-electron chi connectivity index (χ2n) is 4.55. The normalized spacial score (nSPS) is 18.8. The Kier molecular flexibility index (Phi) is 5.17. The van der Waals surface area contributed by atoms with Crippen molar-refractivity contribution in [3.05, 3.63) is 35.9 Å². The zero-order valence-corrected chi connectivity index (χ0v) is 10.5. The third-order valence-corrected chi connectivity index (χ3v) is 3.04. The van der Waals surface area contributed by atoms with Crippen molar-refractivity contribution in [3.63, 3.8) is 0 Å². The van der Waals surface area contributed by atoms with E-state index in [0.717, 1.165) is 25.9 Å². The number of carbonyl (C=O) groups excluding carboxylic acids is 1. The number of rotatable bonds is 6. The third-order valence-electron chi connectivity index (χ3n) is 3.04. The maximum Gasteiger partial charge on any atom is 0.246 e. The van der Waals surface area contributed by atoms with E-state index in [1.165, 1.54) is 5.56 Å². The summed E-state index contributed by atoms with van der Waals surface area (Å²) in [4.78, 5) is 11.5. The second-order valence-corrected chi connectivity index (χ2v) is 4.55. The highest BCUT2D eigenvalue weighted by Gasteiger charge is 2.16. The molecule has 0 bridgehead atoms. The Morgan fingerprint density at radius 1 is 1.39 bits per heavy atom. The van der Waals surface area contributed by atoms with Gasteiger partial charge in [0.1, 0.15) is 6.61 Å². The first-order valence-electron chi connectivity index (χ1n) is 6.46. The van der Waals surface area contributed by atoms with Crippen LogP contribution in [0.5, 0.6) is 0 Å². The zero-order valence-electron chi connectivity index (χ0n) is 10.5. The van der Waals surface area contributed by atoms with Crippen molar-refractivity contribution in [3.8, 4) is 0 Å². The van der Waals surface area contributed by atoms with Crippen molar-refractivity contribution in [2.24, 2.45) is 0 Å². The summed E-state index contributed by atoms with van der Waals surface area (Å²) >= 11 is 0. The lowest BCUT2D eigenvalue weighted by molar-refractivity contribution is -0.126. The summed E-state index contributed by atoms with van der Waals surface area (Å²) in [6.45, 7) is 2.60. The van der Waals surface area contributed by atoms with E-state index in [1.807, 2.05) is 18.2 Å². The molecule has 18 heavy (non-hydrogen) atoms. The Labute approximate surface area is 108 Å². The van der Waals surface area contributed by atoms with E-state index in [9.17, 15) is 4.79 Å². The number of hydrogen-bond acceptors (Lipinski definition) is 3. The van der Waals surface area contributed by atoms with Gasteiger partial charge >= 0.3 is 0 Å². The first kappa shape index (κ1) is 13.1. The topological polar surface area (TPSA) is 50.4 Å². The van der Waals surface area contributed by atoms with Crippen LogP contribution in [0, 0.1) is 0 Å². The average molecular weight is 248 g/mol. The summed E-state index contributed by atoms with van der Waals surface area (Å²) in [5.41, 5.74) is 1.23. The third kappa shape index (κ3) is 4.47. The molecule has 1 fully saturated rings. The maximum absolute atomic E-state index is 11.5. The molecule has 2 rings (SSSR count). The first-order chi connectivity index (χ1) is 8.84. The van der Waals surface area contributed by atoms with Crippen LogP contribution in [-0.4, -0.2) is 38.3 Å². The molecule has 0 aliphatic carbocycles. The molecule has 0 spiro atoms. The van der Waals surface area contributed by atoms with Gasteiger partial charge in [-0.25, -0.2) is 0 Å². The van der Waals surface area contributed by atoms with Gasteiger partial charge in [-0.2, -0.15) is 0 Å². The molecular formula is C14H20N2O2. The number of nitrogens with one attached hydrogen (secondary N) is 2. The molecule has 1 aromatic rings. The van der Waals surface area contributed by atoms with E-state index in [1.54, 1.807) is 0 Å². The van der Waals surface area contributed by atoms with Gasteiger partial charge < -0.3 is 15.4 Å². The van der Waals surface area contributed by atoms with E-state index in [2.05, 4.69) is 22.8 Å². The Hall–Kier alpha value is -1.39. The fourth-order valence-electron chi connectivity index (χ4n) is 2.05. The van der Waals surface area contributed by atoms with Gasteiger partial charge in [-0.1, -0.05) is 30.3 Å². The fourth-order valence-corrected chi connectivity index (χ4v) is 2.05. The Morgan fingerprint density at radius 2 is 2.22 bits per heavy atom. The standard InChI is InChI=1S/C14H20N2O2/c17-14(16-13-6-8-15-10-13)11-18-9-7-12-4-2-1-3-5-12/h1-5,13,15H,6-11H2,(H,16,17). The number of hydrogen-bond donors (Lipinski definition) is 2. The quantitative estimate of drug-likeness (QED) is 0.730. The molecule has 0 aromatic heterocycles. The molecule has 1 unspecified atom stereocenters. The van der Waals surface area contributed by atoms with Crippen LogP contribution in [0.15, 0.2) is 30.3 Å². The van der Waals surface area contributed by atoms with Crippen molar-refractivity contribution in [2.75, 3.05) is 26.3 Å². The minimum atomic E-state index is -0.0169. The smallest absolute Gasteiger partial charge is 0.246 e. The van der Waals surface area contributed by atoms with Crippen molar-refractivity contribution >= 4 is 5.91 Å². The minimum absolute atomic E-state index is 0.0169. The van der Waals surface area contributed by atoms with Gasteiger partial charge in [0.25, 0.3) is 0 Å². The highest BCUT2D eigenvalue weighted by Crippen LogP contribution is 2.00. The first-order valence-corrected chi connectivity index (χ1v) is 6.46. The van der Waals surface area contributed by atoms with Crippen LogP contribution in [0.3, 0.4) is 0 Å². The fraction of sp³-hybridized carbons (Fsp3) is 0.500. The summed E-state index contributed by atoms with van der Waals surface area (Å²) in [6.07, 6.45) is 1.86. The summed E-state index contributed by atoms with van der Waals surface area (Å²) in [7, 11) is 0. The molecule has 1 atom stereocenters. The molecule has 4 nitrogen and oxygen atoms in total. The van der Waals surface area contributed by atoms with Crippen LogP contribution in [0.4, 0.5) is 0 Å². The van der Waals surface area contributed by atoms with E-state index >= 15 is 0 Å². The summed E-state index contributed by atoms with van der Waals surface area (Å²) in [6, 6.07) is 10.4. The van der Waals surface area contributed by atoms with Gasteiger partial charge in [0.05, 0.1) is 6.61 Å². The molecule has 1 saturated heterocycles. The van der Waals surface area contributed by atoms with E-state index in [4.69, 9.17) is 4.74 Å². The lowest BCUT2D eigenvalue weighted by Gasteiger charge is -2.11. The molecule has 1 aromatic carbocycles. The second kappa shape index (κ2) is 7.13. The van der Waals surface area contributed by atoms with Crippen LogP contribution in [-0.2, 0) is 16.0 Å². The van der Waals surface area contributed by atoms with Crippen molar-refractivity contribution in [1.29, 1.82) is 0 Å². The van der Waals surface area contributed by atoms with E-state index in [-0.39, 0.29) is 18.6 Å². The predicted octanol–water partition coefficient (Wildman–Crippen LogP) is 0.724. The van der Waals surface area contributed by atoms with Gasteiger partial charge in [-0.05, 0) is 24.9 Å². The van der Waals surface area contributed by atoms with Gasteiger partial charge in [0, 0.05) is 12.6 Å². The lowest BCUT2D eigenvalue weighted by atomic mass is 10.2. The number of benzene rings is 1. The van der Waals surface area contributed by atoms with Crippen molar-refractivity contribution in [1.82, 2.24) is 10.6 Å². The minimum Gasteiger partial charge on any atom is -0.371 e. The summed E-state index contributed by atoms with van der Waals surface area (Å²) < 4.78 is 5.38. The van der Waals surface area contributed by atoms with E-state index in [0.29, 0.717) is 6.61 Å². The predicted molar refractivity (Wildman–Crippen MR) is 70.4 cm³/mol. The lowest BCUT2D eigenvalue weighted by Crippen LogP contribution is -2.38. The molecule has 1 aliphatic heterocycles. The van der Waals surface area contributed by atoms with Gasteiger partial charge in [-0.3, -0.25) is 4.79 Å². The number of ether oxygens (including phenoxy) is 1. The van der Waals surface area contributed by atoms with Crippen molar-refractivity contribution in [2.45, 2.75) is 18.9 Å². The molecule has 0 saturated carbocycles. The van der Waals surface area contributed by atoms with Crippen LogP contribution in [0.2, 0.25) is 0 Å². The maximum atomic E-state index is 11.5. The van der Waals surface area contributed by atoms with Gasteiger partial charge in [-0.15, -0.1) is 0 Å². The monoisotopic (exact) mass is 248 g/mol. The summed E-state index contributed by atoms with van der Waals surface area (Å²) in [5, 5.41) is 6.16. The molecule has 98 valence electrons. The Morgan fingerprint density at radius 3 is 2.94 bits per heavy atom. The molecular weight excluding hydrogens is 228 g/mol. The SMILES string of the molecule is O=C(COCCc1ccccc1)NC1CCNC1. The van der Waals surface area contributed by atoms with Gasteiger partial charge in [0.2, 0.25) is 5.91 Å². The summed E-state index contributed by atoms with van der Waals surface area (Å²) in [5.74, 6) is -0.0169. The van der Waals surface area contributed by atoms with Crippen LogP contribution >= 0.6 is 0 Å². The number of amides is 1. The average Bonchev–Trinajstić information content (AvgIpc) is 2.89. The highest BCUT2D eigenvalue weighted by molar-refractivity contribution is 5.77. The molecule has 4 heteroatoms. The largest absolute Gasteiger partial charge is 0.371 e. The number of carbonyl (C=O) groups is 1. The van der Waals surface area contributed by atoms with Crippen LogP contribution < -0.4 is 10.6 Å². The Balaban J connectivity index is 1.56. The van der Waals surface area contributed by atoms with Crippen LogP contribution in [0.1, 0.15) is 12.0 Å². The van der Waals surface area contributed by atoms with Gasteiger partial charge in [0.15, 0.2) is 0 Å². The van der Waals surface area contributed by atoms with E-state index < -0.39 is 0 Å². The molecule has 2 N–H and O–H groups in total. The van der Waals surface area contributed by atoms with Crippen molar-refractivity contribution < 1.29 is 9.53 Å². The molecule has 1 amide bonds. The molecule has 0 radical (unpaired) electrons. The molecule has 1 aliphatic rings.